The fourth-order valence-corrected chi connectivity index (χ4v) is 4.69. The maximum absolute atomic E-state index is 13.4. The molecule has 2 atom stereocenters. The molecule has 0 radical (unpaired) electrons. The summed E-state index contributed by atoms with van der Waals surface area (Å²) in [6.45, 7) is 0.549. The zero-order chi connectivity index (χ0) is 26.3. The number of hydrogen-bond acceptors (Lipinski definition) is 5. The van der Waals surface area contributed by atoms with E-state index in [2.05, 4.69) is 27.5 Å². The van der Waals surface area contributed by atoms with Gasteiger partial charge < -0.3 is 15.0 Å². The number of benzene rings is 3. The molecule has 1 aliphatic heterocycles. The molecular formula is C29H28FN5O3. The van der Waals surface area contributed by atoms with Crippen LogP contribution in [0.2, 0.25) is 0 Å². The predicted octanol–water partition coefficient (Wildman–Crippen LogP) is 4.70. The highest BCUT2D eigenvalue weighted by Crippen LogP contribution is 2.29. The molecule has 1 fully saturated rings. The third kappa shape index (κ3) is 6.42. The molecule has 4 aromatic rings. The minimum Gasteiger partial charge on any atom is -0.457 e. The summed E-state index contributed by atoms with van der Waals surface area (Å²) in [5.41, 5.74) is 1.83. The van der Waals surface area contributed by atoms with E-state index in [1.807, 2.05) is 18.2 Å². The van der Waals surface area contributed by atoms with Crippen LogP contribution in [0.4, 0.5) is 10.1 Å². The second kappa shape index (κ2) is 11.7. The molecule has 0 spiro atoms. The largest absolute Gasteiger partial charge is 0.457 e. The molecule has 1 aromatic heterocycles. The van der Waals surface area contributed by atoms with Crippen LogP contribution in [-0.4, -0.2) is 44.1 Å². The Balaban J connectivity index is 1.24. The first-order chi connectivity index (χ1) is 18.5. The van der Waals surface area contributed by atoms with E-state index in [1.165, 1.54) is 35.0 Å². The smallest absolute Gasteiger partial charge is 0.247 e. The minimum atomic E-state index is -0.582. The summed E-state index contributed by atoms with van der Waals surface area (Å²) in [7, 11) is 0. The quantitative estimate of drug-likeness (QED) is 0.351. The van der Waals surface area contributed by atoms with Crippen LogP contribution in [0.3, 0.4) is 0 Å². The molecule has 194 valence electrons. The van der Waals surface area contributed by atoms with Crippen LogP contribution in [0.1, 0.15) is 18.4 Å². The summed E-state index contributed by atoms with van der Waals surface area (Å²) in [5, 5.41) is 6.98. The van der Waals surface area contributed by atoms with Crippen LogP contribution < -0.4 is 10.1 Å². The highest BCUT2D eigenvalue weighted by molar-refractivity contribution is 5.97. The van der Waals surface area contributed by atoms with Gasteiger partial charge in [0.2, 0.25) is 11.8 Å². The lowest BCUT2D eigenvalue weighted by Crippen LogP contribution is -2.44. The van der Waals surface area contributed by atoms with Crippen molar-refractivity contribution in [3.05, 3.63) is 103 Å². The van der Waals surface area contributed by atoms with Crippen LogP contribution in [0.25, 0.3) is 0 Å². The summed E-state index contributed by atoms with van der Waals surface area (Å²) in [5.74, 6) is 0.543. The Morgan fingerprint density at radius 1 is 0.974 bits per heavy atom. The fraction of sp³-hybridized carbons (Fsp3) is 0.241. The monoisotopic (exact) mass is 513 g/mol. The van der Waals surface area contributed by atoms with Crippen molar-refractivity contribution in [1.82, 2.24) is 19.7 Å². The summed E-state index contributed by atoms with van der Waals surface area (Å²) in [6.07, 6.45) is 5.24. The van der Waals surface area contributed by atoms with Crippen molar-refractivity contribution in [1.29, 1.82) is 0 Å². The number of hydrogen-bond donors (Lipinski definition) is 1. The van der Waals surface area contributed by atoms with Gasteiger partial charge in [0.1, 0.15) is 42.6 Å². The highest BCUT2D eigenvalue weighted by atomic mass is 19.1. The standard InChI is InChI=1S/C29H28FN5O3/c30-23-8-12-25(13-9-23)38-26-14-10-24(11-15-26)33-29(37)27-16-22(7-6-21-4-2-1-3-5-21)17-35(27)28(36)18-34-20-31-19-32-34/h1-5,8-15,19-20,22,27H,6-7,16-18H2,(H,33,37). The maximum Gasteiger partial charge on any atom is 0.247 e. The first-order valence-electron chi connectivity index (χ1n) is 12.5. The first-order valence-corrected chi connectivity index (χ1v) is 12.5. The number of nitrogens with zero attached hydrogens (tertiary/aromatic N) is 4. The maximum atomic E-state index is 13.4. The van der Waals surface area contributed by atoms with Crippen molar-refractivity contribution < 1.29 is 18.7 Å². The van der Waals surface area contributed by atoms with E-state index in [0.717, 1.165) is 12.8 Å². The van der Waals surface area contributed by atoms with E-state index < -0.39 is 6.04 Å². The lowest BCUT2D eigenvalue weighted by molar-refractivity contribution is -0.137. The second-order valence-electron chi connectivity index (χ2n) is 9.35. The first kappa shape index (κ1) is 25.1. The van der Waals surface area contributed by atoms with Crippen molar-refractivity contribution in [3.8, 4) is 11.5 Å². The van der Waals surface area contributed by atoms with E-state index in [1.54, 1.807) is 41.3 Å². The second-order valence-corrected chi connectivity index (χ2v) is 9.35. The van der Waals surface area contributed by atoms with Crippen molar-refractivity contribution >= 4 is 17.5 Å². The van der Waals surface area contributed by atoms with E-state index in [9.17, 15) is 14.0 Å². The number of carbonyl (C=O) groups is 2. The molecule has 2 unspecified atom stereocenters. The molecule has 2 amide bonds. The van der Waals surface area contributed by atoms with Crippen LogP contribution >= 0.6 is 0 Å². The number of amides is 2. The van der Waals surface area contributed by atoms with Crippen molar-refractivity contribution in [2.75, 3.05) is 11.9 Å². The minimum absolute atomic E-state index is 0.0323. The van der Waals surface area contributed by atoms with Gasteiger partial charge in [0.15, 0.2) is 0 Å². The number of rotatable bonds is 9. The van der Waals surface area contributed by atoms with E-state index in [4.69, 9.17) is 4.74 Å². The fourth-order valence-electron chi connectivity index (χ4n) is 4.69. The van der Waals surface area contributed by atoms with Crippen molar-refractivity contribution in [2.45, 2.75) is 31.8 Å². The number of halogens is 1. The number of ether oxygens (including phenoxy) is 1. The van der Waals surface area contributed by atoms with Gasteiger partial charge in [0.05, 0.1) is 0 Å². The van der Waals surface area contributed by atoms with Gasteiger partial charge in [-0.25, -0.2) is 14.1 Å². The number of likely N-dealkylation sites (tertiary alicyclic amines) is 1. The molecule has 8 nitrogen and oxygen atoms in total. The Hall–Kier alpha value is -4.53. The Kier molecular flexibility index (Phi) is 7.73. The molecule has 0 aliphatic carbocycles. The van der Waals surface area contributed by atoms with Gasteiger partial charge in [-0.15, -0.1) is 0 Å². The van der Waals surface area contributed by atoms with E-state index >= 15 is 0 Å². The molecule has 0 saturated carbocycles. The molecule has 9 heteroatoms. The van der Waals surface area contributed by atoms with Gasteiger partial charge in [-0.05, 0) is 79.3 Å². The van der Waals surface area contributed by atoms with Crippen LogP contribution in [-0.2, 0) is 22.6 Å². The SMILES string of the molecule is O=C(Nc1ccc(Oc2ccc(F)cc2)cc1)C1CC(CCc2ccccc2)CN1C(=O)Cn1cncn1. The van der Waals surface area contributed by atoms with Gasteiger partial charge in [-0.3, -0.25) is 9.59 Å². The Bertz CT molecular complexity index is 1350. The molecule has 2 heterocycles. The Morgan fingerprint density at radius 2 is 1.68 bits per heavy atom. The number of nitrogens with one attached hydrogen (secondary N) is 1. The number of aromatic nitrogens is 3. The highest BCUT2D eigenvalue weighted by Gasteiger charge is 2.39. The van der Waals surface area contributed by atoms with Gasteiger partial charge in [0, 0.05) is 12.2 Å². The summed E-state index contributed by atoms with van der Waals surface area (Å²) < 4.78 is 20.3. The van der Waals surface area contributed by atoms with Gasteiger partial charge >= 0.3 is 0 Å². The summed E-state index contributed by atoms with van der Waals surface area (Å²) in [4.78, 5) is 32.1. The molecule has 1 aliphatic rings. The van der Waals surface area contributed by atoms with Crippen LogP contribution in [0.5, 0.6) is 11.5 Å². The van der Waals surface area contributed by atoms with E-state index in [0.29, 0.717) is 30.2 Å². The Morgan fingerprint density at radius 3 is 2.37 bits per heavy atom. The zero-order valence-corrected chi connectivity index (χ0v) is 20.7. The van der Waals surface area contributed by atoms with Gasteiger partial charge in [-0.2, -0.15) is 5.10 Å². The molecule has 5 rings (SSSR count). The number of carbonyl (C=O) groups excluding carboxylic acids is 2. The summed E-state index contributed by atoms with van der Waals surface area (Å²) in [6, 6.07) is 22.3. The van der Waals surface area contributed by atoms with Crippen molar-refractivity contribution in [2.24, 2.45) is 5.92 Å². The molecule has 1 saturated heterocycles. The average molecular weight is 514 g/mol. The predicted molar refractivity (Wildman–Crippen MR) is 140 cm³/mol. The average Bonchev–Trinajstić information content (AvgIpc) is 3.61. The Labute approximate surface area is 220 Å². The number of anilines is 1. The lowest BCUT2D eigenvalue weighted by atomic mass is 9.97. The normalized spacial score (nSPS) is 16.8. The third-order valence-corrected chi connectivity index (χ3v) is 6.63. The van der Waals surface area contributed by atoms with Crippen LogP contribution in [0, 0.1) is 11.7 Å². The molecular weight excluding hydrogens is 485 g/mol. The number of aryl methyl sites for hydroxylation is 1. The summed E-state index contributed by atoms with van der Waals surface area (Å²) >= 11 is 0. The molecule has 38 heavy (non-hydrogen) atoms. The lowest BCUT2D eigenvalue weighted by Gasteiger charge is -2.24. The van der Waals surface area contributed by atoms with Gasteiger partial charge in [0.25, 0.3) is 0 Å². The topological polar surface area (TPSA) is 89.4 Å². The van der Waals surface area contributed by atoms with Gasteiger partial charge in [-0.1, -0.05) is 30.3 Å². The van der Waals surface area contributed by atoms with Crippen molar-refractivity contribution in [3.63, 3.8) is 0 Å². The third-order valence-electron chi connectivity index (χ3n) is 6.63. The molecule has 0 bridgehead atoms. The molecule has 1 N–H and O–H groups in total. The van der Waals surface area contributed by atoms with Crippen LogP contribution in [0.15, 0.2) is 91.5 Å². The zero-order valence-electron chi connectivity index (χ0n) is 20.7. The van der Waals surface area contributed by atoms with E-state index in [-0.39, 0.29) is 30.1 Å². The molecule has 3 aromatic carbocycles.